The van der Waals surface area contributed by atoms with Crippen LogP contribution in [0.5, 0.6) is 0 Å². The second kappa shape index (κ2) is 5.58. The van der Waals surface area contributed by atoms with Crippen molar-refractivity contribution in [3.63, 3.8) is 0 Å². The maximum Gasteiger partial charge on any atom is 0.193 e. The molecule has 3 nitrogen and oxygen atoms in total. The largest absolute Gasteiger partial charge is 0.299 e. The standard InChI is InChI=1S/C18H13BrN2OS/c1-11-5-4-6-12-13(10-23-17(11)12)18-20-16(15(22)9-19)14-7-2-3-8-21(14)18/h2-8,10H,9H2,1H3. The number of carbonyl (C=O) groups is 1. The SMILES string of the molecule is Cc1cccc2c(-c3nc(C(=O)CBr)c4ccccn34)csc12. The van der Waals surface area contributed by atoms with Gasteiger partial charge in [0.25, 0.3) is 0 Å². The van der Waals surface area contributed by atoms with Crippen molar-refractivity contribution in [1.82, 2.24) is 9.38 Å². The van der Waals surface area contributed by atoms with Gasteiger partial charge in [-0.05, 0) is 24.6 Å². The van der Waals surface area contributed by atoms with Crippen LogP contribution in [0.1, 0.15) is 16.1 Å². The molecule has 0 N–H and O–H groups in total. The van der Waals surface area contributed by atoms with Gasteiger partial charge >= 0.3 is 0 Å². The Morgan fingerprint density at radius 2 is 2.13 bits per heavy atom. The molecule has 114 valence electrons. The molecule has 4 rings (SSSR count). The maximum absolute atomic E-state index is 12.2. The summed E-state index contributed by atoms with van der Waals surface area (Å²) in [6, 6.07) is 12.1. The lowest BCUT2D eigenvalue weighted by atomic mass is 10.1. The summed E-state index contributed by atoms with van der Waals surface area (Å²) in [6.07, 6.45) is 1.96. The van der Waals surface area contributed by atoms with Gasteiger partial charge in [-0.25, -0.2) is 4.98 Å². The second-order valence-corrected chi connectivity index (χ2v) is 6.84. The number of thiophene rings is 1. The highest BCUT2D eigenvalue weighted by atomic mass is 79.9. The quantitative estimate of drug-likeness (QED) is 0.363. The molecule has 0 aliphatic carbocycles. The number of carbonyl (C=O) groups excluding carboxylic acids is 1. The first-order valence-electron chi connectivity index (χ1n) is 7.24. The third kappa shape index (κ3) is 2.23. The lowest BCUT2D eigenvalue weighted by Crippen LogP contribution is -2.00. The van der Waals surface area contributed by atoms with Gasteiger partial charge in [-0.1, -0.05) is 40.2 Å². The summed E-state index contributed by atoms with van der Waals surface area (Å²) in [6.45, 7) is 2.12. The number of hydrogen-bond acceptors (Lipinski definition) is 3. The number of fused-ring (bicyclic) bond motifs is 2. The number of hydrogen-bond donors (Lipinski definition) is 0. The van der Waals surface area contributed by atoms with Crippen molar-refractivity contribution < 1.29 is 4.79 Å². The van der Waals surface area contributed by atoms with Gasteiger partial charge in [0, 0.05) is 27.2 Å². The molecule has 0 aliphatic rings. The Morgan fingerprint density at radius 1 is 1.26 bits per heavy atom. The fraction of sp³-hybridized carbons (Fsp3) is 0.111. The molecule has 0 amide bonds. The van der Waals surface area contributed by atoms with Gasteiger partial charge in [0.1, 0.15) is 11.5 Å². The lowest BCUT2D eigenvalue weighted by Gasteiger charge is -2.00. The molecule has 3 heterocycles. The number of alkyl halides is 1. The Morgan fingerprint density at radius 3 is 2.96 bits per heavy atom. The number of Topliss-reactive ketones (excluding diaryl/α,β-unsaturated/α-hetero) is 1. The molecule has 0 bridgehead atoms. The summed E-state index contributed by atoms with van der Waals surface area (Å²) in [5, 5.41) is 3.59. The molecule has 0 saturated heterocycles. The number of aromatic nitrogens is 2. The monoisotopic (exact) mass is 384 g/mol. The van der Waals surface area contributed by atoms with Crippen LogP contribution in [0, 0.1) is 6.92 Å². The van der Waals surface area contributed by atoms with E-state index in [-0.39, 0.29) is 11.1 Å². The minimum absolute atomic E-state index is 0.00401. The molecular weight excluding hydrogens is 372 g/mol. The molecule has 3 aromatic heterocycles. The molecule has 0 radical (unpaired) electrons. The Kier molecular flexibility index (Phi) is 3.54. The van der Waals surface area contributed by atoms with Crippen LogP contribution in [-0.4, -0.2) is 20.5 Å². The van der Waals surface area contributed by atoms with Crippen LogP contribution in [0.2, 0.25) is 0 Å². The Labute approximate surface area is 145 Å². The van der Waals surface area contributed by atoms with Crippen LogP contribution in [0.15, 0.2) is 48.0 Å². The van der Waals surface area contributed by atoms with Crippen LogP contribution in [0.25, 0.3) is 27.0 Å². The highest BCUT2D eigenvalue weighted by Crippen LogP contribution is 2.36. The first kappa shape index (κ1) is 14.6. The van der Waals surface area contributed by atoms with E-state index in [1.54, 1.807) is 11.3 Å². The lowest BCUT2D eigenvalue weighted by molar-refractivity contribution is 0.102. The predicted molar refractivity (Wildman–Crippen MR) is 98.9 cm³/mol. The van der Waals surface area contributed by atoms with Crippen LogP contribution in [0.4, 0.5) is 0 Å². The first-order valence-corrected chi connectivity index (χ1v) is 9.24. The van der Waals surface area contributed by atoms with Crippen LogP contribution < -0.4 is 0 Å². The highest BCUT2D eigenvalue weighted by molar-refractivity contribution is 9.09. The normalized spacial score (nSPS) is 11.4. The first-order chi connectivity index (χ1) is 11.2. The molecule has 0 saturated carbocycles. The van der Waals surface area contributed by atoms with Crippen molar-refractivity contribution >= 4 is 48.7 Å². The molecule has 0 unspecified atom stereocenters. The number of imidazole rings is 1. The summed E-state index contributed by atoms with van der Waals surface area (Å²) in [5.41, 5.74) is 3.70. The number of pyridine rings is 1. The Bertz CT molecular complexity index is 1050. The number of nitrogens with zero attached hydrogens (tertiary/aromatic N) is 2. The van der Waals surface area contributed by atoms with Crippen molar-refractivity contribution in [2.24, 2.45) is 0 Å². The van der Waals surface area contributed by atoms with Crippen LogP contribution >= 0.6 is 27.3 Å². The van der Waals surface area contributed by atoms with Gasteiger partial charge in [0.15, 0.2) is 5.78 Å². The van der Waals surface area contributed by atoms with Gasteiger partial charge in [-0.2, -0.15) is 0 Å². The average Bonchev–Trinajstić information content (AvgIpc) is 3.16. The predicted octanol–water partition coefficient (Wildman–Crippen LogP) is 5.10. The van der Waals surface area contributed by atoms with Crippen molar-refractivity contribution in [2.45, 2.75) is 6.92 Å². The minimum atomic E-state index is -0.00401. The molecule has 0 aliphatic heterocycles. The van der Waals surface area contributed by atoms with Gasteiger partial charge in [0.05, 0.1) is 10.8 Å². The van der Waals surface area contributed by atoms with E-state index < -0.39 is 0 Å². The summed E-state index contributed by atoms with van der Waals surface area (Å²) in [4.78, 5) is 16.9. The Hall–Kier alpha value is -1.98. The molecule has 0 fully saturated rings. The van der Waals surface area contributed by atoms with Gasteiger partial charge < -0.3 is 0 Å². The van der Waals surface area contributed by atoms with Crippen molar-refractivity contribution in [1.29, 1.82) is 0 Å². The third-order valence-electron chi connectivity index (χ3n) is 3.97. The van der Waals surface area contributed by atoms with Crippen molar-refractivity contribution in [3.8, 4) is 11.4 Å². The van der Waals surface area contributed by atoms with E-state index in [2.05, 4.69) is 51.4 Å². The fourth-order valence-corrected chi connectivity index (χ4v) is 4.16. The minimum Gasteiger partial charge on any atom is -0.299 e. The second-order valence-electron chi connectivity index (χ2n) is 5.40. The molecule has 23 heavy (non-hydrogen) atoms. The van der Waals surface area contributed by atoms with Crippen molar-refractivity contribution in [2.75, 3.05) is 5.33 Å². The van der Waals surface area contributed by atoms with E-state index >= 15 is 0 Å². The molecule has 0 atom stereocenters. The summed E-state index contributed by atoms with van der Waals surface area (Å²) in [5.74, 6) is 0.817. The number of ketones is 1. The fourth-order valence-electron chi connectivity index (χ4n) is 2.87. The van der Waals surface area contributed by atoms with E-state index in [0.717, 1.165) is 16.9 Å². The number of benzene rings is 1. The number of halogens is 1. The molecular formula is C18H13BrN2OS. The van der Waals surface area contributed by atoms with Crippen LogP contribution in [-0.2, 0) is 0 Å². The summed E-state index contributed by atoms with van der Waals surface area (Å²) >= 11 is 4.97. The molecule has 5 heteroatoms. The van der Waals surface area contributed by atoms with Gasteiger partial charge in [-0.15, -0.1) is 11.3 Å². The summed E-state index contributed by atoms with van der Waals surface area (Å²) in [7, 11) is 0. The molecule has 0 spiro atoms. The third-order valence-corrected chi connectivity index (χ3v) is 5.61. The molecule has 1 aromatic carbocycles. The average molecular weight is 385 g/mol. The van der Waals surface area contributed by atoms with Gasteiger partial charge in [0.2, 0.25) is 0 Å². The maximum atomic E-state index is 12.2. The van der Waals surface area contributed by atoms with Gasteiger partial charge in [-0.3, -0.25) is 9.20 Å². The van der Waals surface area contributed by atoms with E-state index in [9.17, 15) is 4.79 Å². The topological polar surface area (TPSA) is 34.4 Å². The van der Waals surface area contributed by atoms with E-state index in [1.165, 1.54) is 15.6 Å². The summed E-state index contributed by atoms with van der Waals surface area (Å²) < 4.78 is 3.27. The highest BCUT2D eigenvalue weighted by Gasteiger charge is 2.19. The van der Waals surface area contributed by atoms with E-state index in [0.29, 0.717) is 5.69 Å². The Balaban J connectivity index is 2.05. The zero-order chi connectivity index (χ0) is 16.0. The zero-order valence-corrected chi connectivity index (χ0v) is 14.8. The smallest absolute Gasteiger partial charge is 0.193 e. The van der Waals surface area contributed by atoms with E-state index in [1.807, 2.05) is 28.8 Å². The number of rotatable bonds is 3. The van der Waals surface area contributed by atoms with Crippen molar-refractivity contribution in [3.05, 3.63) is 59.2 Å². The zero-order valence-electron chi connectivity index (χ0n) is 12.4. The van der Waals surface area contributed by atoms with E-state index in [4.69, 9.17) is 0 Å². The number of aryl methyl sites for hydroxylation is 1. The molecule has 4 aromatic rings. The van der Waals surface area contributed by atoms with Crippen LogP contribution in [0.3, 0.4) is 0 Å².